The van der Waals surface area contributed by atoms with Crippen LogP contribution in [0.25, 0.3) is 0 Å². The van der Waals surface area contributed by atoms with Gasteiger partial charge in [-0.15, -0.1) is 10.2 Å². The van der Waals surface area contributed by atoms with Gasteiger partial charge in [-0.2, -0.15) is 5.01 Å². The summed E-state index contributed by atoms with van der Waals surface area (Å²) in [5, 5.41) is 12.7. The van der Waals surface area contributed by atoms with Crippen molar-refractivity contribution in [1.29, 1.82) is 0 Å². The Kier molecular flexibility index (Phi) is 5.82. The van der Waals surface area contributed by atoms with Crippen molar-refractivity contribution in [2.45, 2.75) is 42.9 Å². The average molecular weight is 477 g/mol. The molecule has 4 amide bonds. The zero-order valence-electron chi connectivity index (χ0n) is 18.6. The van der Waals surface area contributed by atoms with Crippen LogP contribution in [0.5, 0.6) is 0 Å². The molecule has 2 heterocycles. The van der Waals surface area contributed by atoms with Gasteiger partial charge in [-0.05, 0) is 30.9 Å². The van der Waals surface area contributed by atoms with Crippen LogP contribution in [0.4, 0.5) is 4.79 Å². The number of urea groups is 1. The van der Waals surface area contributed by atoms with E-state index in [1.165, 1.54) is 11.8 Å². The monoisotopic (exact) mass is 476 g/mol. The lowest BCUT2D eigenvalue weighted by molar-refractivity contribution is -0.138. The van der Waals surface area contributed by atoms with Crippen molar-refractivity contribution in [2.24, 2.45) is 0 Å². The third-order valence-electron chi connectivity index (χ3n) is 5.98. The van der Waals surface area contributed by atoms with Crippen molar-refractivity contribution >= 4 is 29.6 Å². The Hall–Kier alpha value is -3.66. The van der Waals surface area contributed by atoms with Crippen LogP contribution in [0.15, 0.2) is 65.8 Å². The zero-order valence-corrected chi connectivity index (χ0v) is 19.4. The highest BCUT2D eigenvalue weighted by Gasteiger charge is 2.50. The molecule has 9 nitrogen and oxygen atoms in total. The molecule has 1 saturated carbocycles. The molecule has 1 atom stereocenters. The number of hydrazine groups is 1. The van der Waals surface area contributed by atoms with Gasteiger partial charge in [0.2, 0.25) is 5.91 Å². The minimum absolute atomic E-state index is 0.0172. The SMILES string of the molecule is C[C@@]1(c2ccccc2)NC(=O)N(NC(=O)CSc2nnc(C3CC3)n2Cc2ccccc2)C1=O. The van der Waals surface area contributed by atoms with Gasteiger partial charge in [0.05, 0.1) is 12.3 Å². The number of rotatable bonds is 8. The number of hydrogen-bond donors (Lipinski definition) is 2. The highest BCUT2D eigenvalue weighted by atomic mass is 32.2. The Balaban J connectivity index is 1.26. The number of nitrogens with one attached hydrogen (secondary N) is 2. The second-order valence-corrected chi connectivity index (χ2v) is 9.51. The lowest BCUT2D eigenvalue weighted by Gasteiger charge is -2.22. The summed E-state index contributed by atoms with van der Waals surface area (Å²) in [7, 11) is 0. The Morgan fingerprint density at radius 2 is 1.76 bits per heavy atom. The van der Waals surface area contributed by atoms with Gasteiger partial charge in [0.15, 0.2) is 5.16 Å². The van der Waals surface area contributed by atoms with E-state index in [2.05, 4.69) is 20.9 Å². The number of thioether (sulfide) groups is 1. The second-order valence-electron chi connectivity index (χ2n) is 8.57. The van der Waals surface area contributed by atoms with Gasteiger partial charge in [0, 0.05) is 5.92 Å². The van der Waals surface area contributed by atoms with Crippen molar-refractivity contribution in [2.75, 3.05) is 5.75 Å². The number of benzene rings is 2. The van der Waals surface area contributed by atoms with Crippen LogP contribution in [0.3, 0.4) is 0 Å². The molecule has 2 aliphatic rings. The first-order chi connectivity index (χ1) is 16.5. The predicted molar refractivity (Wildman–Crippen MR) is 126 cm³/mol. The first-order valence-corrected chi connectivity index (χ1v) is 12.1. The summed E-state index contributed by atoms with van der Waals surface area (Å²) in [5.74, 6) is 0.301. The predicted octanol–water partition coefficient (Wildman–Crippen LogP) is 2.79. The number of nitrogens with zero attached hydrogens (tertiary/aromatic N) is 4. The maximum atomic E-state index is 13.0. The smallest absolute Gasteiger partial charge is 0.318 e. The zero-order chi connectivity index (χ0) is 23.7. The summed E-state index contributed by atoms with van der Waals surface area (Å²) in [4.78, 5) is 38.1. The van der Waals surface area contributed by atoms with E-state index in [0.29, 0.717) is 23.2 Å². The first-order valence-electron chi connectivity index (χ1n) is 11.1. The quantitative estimate of drug-likeness (QED) is 0.382. The van der Waals surface area contributed by atoms with E-state index < -0.39 is 23.4 Å². The van der Waals surface area contributed by atoms with Crippen LogP contribution < -0.4 is 10.7 Å². The fourth-order valence-electron chi connectivity index (χ4n) is 3.96. The number of amides is 4. The highest BCUT2D eigenvalue weighted by Crippen LogP contribution is 2.40. The minimum Gasteiger partial charge on any atom is -0.318 e. The van der Waals surface area contributed by atoms with Gasteiger partial charge in [-0.1, -0.05) is 72.4 Å². The van der Waals surface area contributed by atoms with Gasteiger partial charge in [0.1, 0.15) is 11.4 Å². The van der Waals surface area contributed by atoms with Crippen LogP contribution in [0.1, 0.15) is 42.6 Å². The summed E-state index contributed by atoms with van der Waals surface area (Å²) in [6.45, 7) is 2.24. The van der Waals surface area contributed by atoms with Gasteiger partial charge in [-0.25, -0.2) is 4.79 Å². The molecule has 1 aliphatic heterocycles. The van der Waals surface area contributed by atoms with Gasteiger partial charge in [0.25, 0.3) is 5.91 Å². The van der Waals surface area contributed by atoms with E-state index in [9.17, 15) is 14.4 Å². The molecule has 5 rings (SSSR count). The largest absolute Gasteiger partial charge is 0.344 e. The molecule has 0 unspecified atom stereocenters. The van der Waals surface area contributed by atoms with Crippen molar-refractivity contribution < 1.29 is 14.4 Å². The van der Waals surface area contributed by atoms with E-state index in [4.69, 9.17) is 0 Å². The molecule has 2 aromatic carbocycles. The third-order valence-corrected chi connectivity index (χ3v) is 6.95. The molecule has 2 fully saturated rings. The van der Waals surface area contributed by atoms with Gasteiger partial charge >= 0.3 is 6.03 Å². The Morgan fingerprint density at radius 1 is 1.09 bits per heavy atom. The molecular weight excluding hydrogens is 452 g/mol. The number of aromatic nitrogens is 3. The molecule has 0 bridgehead atoms. The van der Waals surface area contributed by atoms with Crippen LogP contribution in [0, 0.1) is 0 Å². The molecule has 3 aromatic rings. The normalized spacial score (nSPS) is 19.9. The van der Waals surface area contributed by atoms with E-state index in [1.807, 2.05) is 41.0 Å². The molecular formula is C24H24N6O3S. The second kappa shape index (κ2) is 8.94. The van der Waals surface area contributed by atoms with Crippen LogP contribution in [0.2, 0.25) is 0 Å². The maximum absolute atomic E-state index is 13.0. The van der Waals surface area contributed by atoms with E-state index >= 15 is 0 Å². The van der Waals surface area contributed by atoms with Crippen molar-refractivity contribution in [3.05, 3.63) is 77.6 Å². The van der Waals surface area contributed by atoms with Crippen LogP contribution in [-0.2, 0) is 21.7 Å². The van der Waals surface area contributed by atoms with Crippen molar-refractivity contribution in [3.63, 3.8) is 0 Å². The molecule has 1 aromatic heterocycles. The molecule has 0 radical (unpaired) electrons. The van der Waals surface area contributed by atoms with E-state index in [1.54, 1.807) is 31.2 Å². The number of carbonyl (C=O) groups is 3. The Bertz CT molecular complexity index is 1230. The molecule has 34 heavy (non-hydrogen) atoms. The summed E-state index contributed by atoms with van der Waals surface area (Å²) in [6.07, 6.45) is 2.18. The molecule has 1 saturated heterocycles. The summed E-state index contributed by atoms with van der Waals surface area (Å²) in [6, 6.07) is 18.3. The Labute approximate surface area is 200 Å². The standard InChI is InChI=1S/C24H24N6O3S/c1-24(18-10-6-3-7-11-18)21(32)30(22(33)25-24)28-19(31)15-34-23-27-26-20(17-12-13-17)29(23)14-16-8-4-2-5-9-16/h2-11,17H,12-15H2,1H3,(H,25,33)(H,28,31)/t24-/m0/s1. The molecule has 10 heteroatoms. The maximum Gasteiger partial charge on any atom is 0.344 e. The minimum atomic E-state index is -1.24. The molecule has 174 valence electrons. The summed E-state index contributed by atoms with van der Waals surface area (Å²) >= 11 is 1.23. The lowest BCUT2D eigenvalue weighted by Crippen LogP contribution is -2.48. The van der Waals surface area contributed by atoms with Crippen molar-refractivity contribution in [1.82, 2.24) is 30.5 Å². The number of imide groups is 1. The third kappa shape index (κ3) is 4.28. The van der Waals surface area contributed by atoms with Crippen molar-refractivity contribution in [3.8, 4) is 0 Å². The average Bonchev–Trinajstić information content (AvgIpc) is 3.58. The first kappa shape index (κ1) is 22.1. The van der Waals surface area contributed by atoms with Crippen LogP contribution in [-0.4, -0.2) is 43.4 Å². The van der Waals surface area contributed by atoms with Crippen LogP contribution >= 0.6 is 11.8 Å². The number of hydrogen-bond acceptors (Lipinski definition) is 6. The molecule has 0 spiro atoms. The summed E-state index contributed by atoms with van der Waals surface area (Å²) < 4.78 is 2.05. The highest BCUT2D eigenvalue weighted by molar-refractivity contribution is 7.99. The number of carbonyl (C=O) groups excluding carboxylic acids is 3. The Morgan fingerprint density at radius 3 is 2.44 bits per heavy atom. The summed E-state index contributed by atoms with van der Waals surface area (Å²) in [5.41, 5.74) is 2.96. The molecule has 1 aliphatic carbocycles. The van der Waals surface area contributed by atoms with Gasteiger partial charge in [-0.3, -0.25) is 15.0 Å². The lowest BCUT2D eigenvalue weighted by atomic mass is 9.92. The van der Waals surface area contributed by atoms with Gasteiger partial charge < -0.3 is 9.88 Å². The fourth-order valence-corrected chi connectivity index (χ4v) is 4.70. The fraction of sp³-hybridized carbons (Fsp3) is 0.292. The topological polar surface area (TPSA) is 109 Å². The van der Waals surface area contributed by atoms with E-state index in [0.717, 1.165) is 29.2 Å². The molecule has 2 N–H and O–H groups in total. The van der Waals surface area contributed by atoms with E-state index in [-0.39, 0.29) is 5.75 Å².